The van der Waals surface area contributed by atoms with E-state index in [0.29, 0.717) is 6.54 Å². The molecule has 2 aromatic rings. The van der Waals surface area contributed by atoms with Gasteiger partial charge in [0.1, 0.15) is 5.75 Å². The molecule has 1 N–H and O–H groups in total. The molecule has 0 unspecified atom stereocenters. The molecule has 0 bridgehead atoms. The minimum Gasteiger partial charge on any atom is -0.497 e. The van der Waals surface area contributed by atoms with Gasteiger partial charge in [0.25, 0.3) is 0 Å². The van der Waals surface area contributed by atoms with E-state index in [4.69, 9.17) is 4.74 Å². The summed E-state index contributed by atoms with van der Waals surface area (Å²) in [7, 11) is 1.64. The maximum absolute atomic E-state index is 12.0. The molecule has 1 heterocycles. The van der Waals surface area contributed by atoms with Crippen molar-refractivity contribution < 1.29 is 9.53 Å². The number of amides is 1. The van der Waals surface area contributed by atoms with Crippen LogP contribution >= 0.6 is 0 Å². The first-order chi connectivity index (χ1) is 13.2. The van der Waals surface area contributed by atoms with E-state index in [2.05, 4.69) is 39.4 Å². The summed E-state index contributed by atoms with van der Waals surface area (Å²) in [6, 6.07) is 18.1. The molecule has 0 spiro atoms. The highest BCUT2D eigenvalue weighted by molar-refractivity contribution is 5.91. The van der Waals surface area contributed by atoms with Crippen LogP contribution in [0.2, 0.25) is 0 Å². The zero-order valence-electron chi connectivity index (χ0n) is 15.8. The van der Waals surface area contributed by atoms with Crippen molar-refractivity contribution in [1.29, 1.82) is 0 Å². The standard InChI is InChI=1S/C22H27N3O2/c1-27-21-10-7-19(8-11-21)9-12-22(26)23-13-14-24-15-17-25(18-16-24)20-5-3-2-4-6-20/h2-12H,13-18H2,1H3,(H,23,26)/b12-9+. The van der Waals surface area contributed by atoms with Crippen molar-refractivity contribution >= 4 is 17.7 Å². The van der Waals surface area contributed by atoms with E-state index in [1.165, 1.54) is 5.69 Å². The van der Waals surface area contributed by atoms with Crippen LogP contribution in [-0.2, 0) is 4.79 Å². The van der Waals surface area contributed by atoms with Crippen molar-refractivity contribution in [2.45, 2.75) is 0 Å². The number of rotatable bonds is 7. The molecular weight excluding hydrogens is 338 g/mol. The molecule has 0 atom stereocenters. The Morgan fingerprint density at radius 1 is 1.04 bits per heavy atom. The Kier molecular flexibility index (Phi) is 6.88. The minimum atomic E-state index is -0.0614. The fraction of sp³-hybridized carbons (Fsp3) is 0.318. The summed E-state index contributed by atoms with van der Waals surface area (Å²) in [5.74, 6) is 0.748. The third-order valence-corrected chi connectivity index (χ3v) is 4.76. The van der Waals surface area contributed by atoms with Crippen LogP contribution in [-0.4, -0.2) is 57.2 Å². The van der Waals surface area contributed by atoms with E-state index in [-0.39, 0.29) is 5.91 Å². The summed E-state index contributed by atoms with van der Waals surface area (Å²) in [4.78, 5) is 16.8. The SMILES string of the molecule is COc1ccc(/C=C/C(=O)NCCN2CCN(c3ccccc3)CC2)cc1. The van der Waals surface area contributed by atoms with Gasteiger partial charge >= 0.3 is 0 Å². The first kappa shape index (κ1) is 19.0. The second-order valence-corrected chi connectivity index (χ2v) is 6.56. The van der Waals surface area contributed by atoms with Crippen LogP contribution in [0.5, 0.6) is 5.75 Å². The van der Waals surface area contributed by atoms with Crippen molar-refractivity contribution in [2.24, 2.45) is 0 Å². The number of hydrogen-bond acceptors (Lipinski definition) is 4. The number of nitrogens with zero attached hydrogens (tertiary/aromatic N) is 2. The van der Waals surface area contributed by atoms with E-state index >= 15 is 0 Å². The van der Waals surface area contributed by atoms with Crippen molar-refractivity contribution in [3.8, 4) is 5.75 Å². The van der Waals surface area contributed by atoms with E-state index in [1.807, 2.05) is 36.4 Å². The molecule has 0 radical (unpaired) electrons. The van der Waals surface area contributed by atoms with E-state index in [0.717, 1.165) is 44.0 Å². The van der Waals surface area contributed by atoms with Crippen molar-refractivity contribution in [3.63, 3.8) is 0 Å². The number of piperazine rings is 1. The van der Waals surface area contributed by atoms with Gasteiger partial charge < -0.3 is 15.0 Å². The Morgan fingerprint density at radius 3 is 2.41 bits per heavy atom. The van der Waals surface area contributed by atoms with Gasteiger partial charge in [-0.3, -0.25) is 9.69 Å². The number of anilines is 1. The summed E-state index contributed by atoms with van der Waals surface area (Å²) < 4.78 is 5.13. The molecule has 1 aliphatic heterocycles. The van der Waals surface area contributed by atoms with Gasteiger partial charge in [-0.2, -0.15) is 0 Å². The highest BCUT2D eigenvalue weighted by Gasteiger charge is 2.16. The molecule has 1 saturated heterocycles. The molecule has 3 rings (SSSR count). The molecule has 0 aliphatic carbocycles. The largest absolute Gasteiger partial charge is 0.497 e. The van der Waals surface area contributed by atoms with Gasteiger partial charge in [0.05, 0.1) is 7.11 Å². The second-order valence-electron chi connectivity index (χ2n) is 6.56. The topological polar surface area (TPSA) is 44.8 Å². The third kappa shape index (κ3) is 5.86. The molecule has 2 aromatic carbocycles. The highest BCUT2D eigenvalue weighted by Crippen LogP contribution is 2.15. The smallest absolute Gasteiger partial charge is 0.244 e. The molecule has 1 aliphatic rings. The zero-order chi connectivity index (χ0) is 18.9. The van der Waals surface area contributed by atoms with Gasteiger partial charge in [0.2, 0.25) is 5.91 Å². The van der Waals surface area contributed by atoms with Crippen LogP contribution in [0.25, 0.3) is 6.08 Å². The van der Waals surface area contributed by atoms with Crippen LogP contribution < -0.4 is 15.0 Å². The summed E-state index contributed by atoms with van der Waals surface area (Å²) >= 11 is 0. The number of para-hydroxylation sites is 1. The monoisotopic (exact) mass is 365 g/mol. The summed E-state index contributed by atoms with van der Waals surface area (Å²) in [5, 5.41) is 2.96. The van der Waals surface area contributed by atoms with Crippen LogP contribution in [0.4, 0.5) is 5.69 Å². The maximum Gasteiger partial charge on any atom is 0.244 e. The lowest BCUT2D eigenvalue weighted by Gasteiger charge is -2.36. The molecular formula is C22H27N3O2. The highest BCUT2D eigenvalue weighted by atomic mass is 16.5. The molecule has 5 nitrogen and oxygen atoms in total. The van der Waals surface area contributed by atoms with E-state index in [9.17, 15) is 4.79 Å². The number of nitrogens with one attached hydrogen (secondary N) is 1. The number of ether oxygens (including phenoxy) is 1. The van der Waals surface area contributed by atoms with Gasteiger partial charge in [0.15, 0.2) is 0 Å². The van der Waals surface area contributed by atoms with Gasteiger partial charge in [-0.25, -0.2) is 0 Å². The Morgan fingerprint density at radius 2 is 1.74 bits per heavy atom. The number of methoxy groups -OCH3 is 1. The molecule has 5 heteroatoms. The molecule has 27 heavy (non-hydrogen) atoms. The number of hydrogen-bond donors (Lipinski definition) is 1. The molecule has 142 valence electrons. The lowest BCUT2D eigenvalue weighted by Crippen LogP contribution is -2.48. The van der Waals surface area contributed by atoms with Gasteiger partial charge in [-0.15, -0.1) is 0 Å². The minimum absolute atomic E-state index is 0.0614. The average molecular weight is 365 g/mol. The van der Waals surface area contributed by atoms with Crippen LogP contribution in [0.3, 0.4) is 0 Å². The normalized spacial score (nSPS) is 15.1. The summed E-state index contributed by atoms with van der Waals surface area (Å²) in [6.45, 7) is 5.63. The van der Waals surface area contributed by atoms with E-state index < -0.39 is 0 Å². The second kappa shape index (κ2) is 9.78. The third-order valence-electron chi connectivity index (χ3n) is 4.76. The number of carbonyl (C=O) groups is 1. The van der Waals surface area contributed by atoms with Gasteiger partial charge in [-0.05, 0) is 35.9 Å². The summed E-state index contributed by atoms with van der Waals surface area (Å²) in [5.41, 5.74) is 2.26. The van der Waals surface area contributed by atoms with Gasteiger partial charge in [-0.1, -0.05) is 30.3 Å². The molecule has 1 amide bonds. The number of carbonyl (C=O) groups excluding carboxylic acids is 1. The van der Waals surface area contributed by atoms with Crippen LogP contribution in [0, 0.1) is 0 Å². The first-order valence-corrected chi connectivity index (χ1v) is 9.37. The van der Waals surface area contributed by atoms with E-state index in [1.54, 1.807) is 13.2 Å². The van der Waals surface area contributed by atoms with Crippen molar-refractivity contribution in [2.75, 3.05) is 51.3 Å². The van der Waals surface area contributed by atoms with Crippen LogP contribution in [0.15, 0.2) is 60.7 Å². The molecule has 1 fully saturated rings. The zero-order valence-corrected chi connectivity index (χ0v) is 15.8. The van der Waals surface area contributed by atoms with Crippen LogP contribution in [0.1, 0.15) is 5.56 Å². The lowest BCUT2D eigenvalue weighted by atomic mass is 10.2. The molecule has 0 saturated carbocycles. The fourth-order valence-electron chi connectivity index (χ4n) is 3.15. The fourth-order valence-corrected chi connectivity index (χ4v) is 3.15. The Balaban J connectivity index is 1.35. The van der Waals surface area contributed by atoms with Crippen molar-refractivity contribution in [1.82, 2.24) is 10.2 Å². The maximum atomic E-state index is 12.0. The summed E-state index contributed by atoms with van der Waals surface area (Å²) in [6.07, 6.45) is 3.39. The Bertz CT molecular complexity index is 736. The average Bonchev–Trinajstić information content (AvgIpc) is 2.74. The Hall–Kier alpha value is -2.79. The molecule has 0 aromatic heterocycles. The van der Waals surface area contributed by atoms with Gasteiger partial charge in [0, 0.05) is 51.0 Å². The predicted molar refractivity (Wildman–Crippen MR) is 110 cm³/mol. The quantitative estimate of drug-likeness (QED) is 0.766. The lowest BCUT2D eigenvalue weighted by molar-refractivity contribution is -0.116. The Labute approximate surface area is 161 Å². The van der Waals surface area contributed by atoms with Crippen molar-refractivity contribution in [3.05, 3.63) is 66.2 Å². The predicted octanol–water partition coefficient (Wildman–Crippen LogP) is 2.65. The first-order valence-electron chi connectivity index (χ1n) is 9.37. The number of benzene rings is 2.